The van der Waals surface area contributed by atoms with E-state index in [4.69, 9.17) is 5.73 Å². The quantitative estimate of drug-likeness (QED) is 0.853. The number of hydrogen-bond acceptors (Lipinski definition) is 4. The summed E-state index contributed by atoms with van der Waals surface area (Å²) in [5.74, 6) is 1.48. The van der Waals surface area contributed by atoms with Crippen LogP contribution in [0.15, 0.2) is 0 Å². The molecule has 2 aliphatic heterocycles. The van der Waals surface area contributed by atoms with Crippen molar-refractivity contribution in [3.63, 3.8) is 0 Å². The molecule has 2 amide bonds. The van der Waals surface area contributed by atoms with Crippen LogP contribution in [0.25, 0.3) is 0 Å². The van der Waals surface area contributed by atoms with Crippen LogP contribution in [-0.2, 0) is 9.59 Å². The van der Waals surface area contributed by atoms with Crippen molar-refractivity contribution < 1.29 is 9.59 Å². The van der Waals surface area contributed by atoms with Crippen molar-refractivity contribution in [3.8, 4) is 0 Å². The molecule has 0 aromatic heterocycles. The van der Waals surface area contributed by atoms with Crippen LogP contribution in [0.1, 0.15) is 40.5 Å². The number of nitrogens with zero attached hydrogens (tertiary/aromatic N) is 2. The Balaban J connectivity index is 2.01. The van der Waals surface area contributed by atoms with E-state index in [0.29, 0.717) is 13.1 Å². The predicted molar refractivity (Wildman–Crippen MR) is 90.4 cm³/mol. The molecular formula is C16H29N3O2S. The molecule has 2 fully saturated rings. The molecule has 1 spiro atoms. The molecule has 2 rings (SSSR count). The number of carbonyl (C=O) groups excluding carboxylic acids is 2. The number of amides is 2. The van der Waals surface area contributed by atoms with Gasteiger partial charge in [0.05, 0.1) is 10.9 Å². The Morgan fingerprint density at radius 1 is 1.05 bits per heavy atom. The lowest BCUT2D eigenvalue weighted by Gasteiger charge is -2.45. The predicted octanol–water partition coefficient (Wildman–Crippen LogP) is 1.52. The lowest BCUT2D eigenvalue weighted by atomic mass is 9.98. The van der Waals surface area contributed by atoms with Crippen LogP contribution in [0.5, 0.6) is 0 Å². The molecule has 5 nitrogen and oxygen atoms in total. The van der Waals surface area contributed by atoms with Gasteiger partial charge in [0.2, 0.25) is 11.8 Å². The van der Waals surface area contributed by atoms with Crippen molar-refractivity contribution in [1.29, 1.82) is 0 Å². The van der Waals surface area contributed by atoms with Gasteiger partial charge in [-0.2, -0.15) is 0 Å². The number of hydrogen-bond donors (Lipinski definition) is 1. The summed E-state index contributed by atoms with van der Waals surface area (Å²) in [7, 11) is 0. The van der Waals surface area contributed by atoms with Gasteiger partial charge in [0.25, 0.3) is 0 Å². The van der Waals surface area contributed by atoms with E-state index in [-0.39, 0.29) is 28.5 Å². The van der Waals surface area contributed by atoms with Crippen LogP contribution < -0.4 is 5.73 Å². The molecule has 0 saturated carbocycles. The second-order valence-corrected chi connectivity index (χ2v) is 8.49. The average molecular weight is 327 g/mol. The van der Waals surface area contributed by atoms with Gasteiger partial charge in [0.1, 0.15) is 0 Å². The minimum absolute atomic E-state index is 0.0320. The van der Waals surface area contributed by atoms with Crippen molar-refractivity contribution in [2.24, 2.45) is 17.6 Å². The number of carbonyl (C=O) groups is 2. The minimum Gasteiger partial charge on any atom is -0.341 e. The Bertz CT molecular complexity index is 431. The molecule has 0 unspecified atom stereocenters. The molecular weight excluding hydrogens is 298 g/mol. The maximum Gasteiger partial charge on any atom is 0.239 e. The normalized spacial score (nSPS) is 22.7. The summed E-state index contributed by atoms with van der Waals surface area (Å²) in [6.45, 7) is 10.1. The SMILES string of the molecule is CC(C)C(=O)N1CCSC12CCN(C(=O)[C@@H](N)C(C)C)CC2. The fourth-order valence-electron chi connectivity index (χ4n) is 3.22. The molecule has 6 heteroatoms. The van der Waals surface area contributed by atoms with Crippen molar-refractivity contribution in [2.45, 2.75) is 51.4 Å². The second kappa shape index (κ2) is 6.79. The van der Waals surface area contributed by atoms with Crippen molar-refractivity contribution in [2.75, 3.05) is 25.4 Å². The fraction of sp³-hybridized carbons (Fsp3) is 0.875. The molecule has 1 atom stereocenters. The highest BCUT2D eigenvalue weighted by Gasteiger charge is 2.47. The molecule has 2 heterocycles. The van der Waals surface area contributed by atoms with Gasteiger partial charge in [-0.3, -0.25) is 9.59 Å². The van der Waals surface area contributed by atoms with Crippen molar-refractivity contribution in [3.05, 3.63) is 0 Å². The molecule has 2 saturated heterocycles. The average Bonchev–Trinajstić information content (AvgIpc) is 2.88. The monoisotopic (exact) mass is 327 g/mol. The molecule has 0 bridgehead atoms. The number of thioether (sulfide) groups is 1. The van der Waals surface area contributed by atoms with E-state index in [1.165, 1.54) is 0 Å². The Kier molecular flexibility index (Phi) is 5.43. The second-order valence-electron chi connectivity index (χ2n) is 7.03. The first-order chi connectivity index (χ1) is 10.3. The molecule has 0 radical (unpaired) electrons. The van der Waals surface area contributed by atoms with Gasteiger partial charge >= 0.3 is 0 Å². The molecule has 0 aromatic rings. The van der Waals surface area contributed by atoms with Gasteiger partial charge in [0.15, 0.2) is 0 Å². The van der Waals surface area contributed by atoms with Crippen LogP contribution in [0, 0.1) is 11.8 Å². The van der Waals surface area contributed by atoms with Crippen LogP contribution in [0.3, 0.4) is 0 Å². The third-order valence-electron chi connectivity index (χ3n) is 4.80. The number of nitrogens with two attached hydrogens (primary N) is 1. The summed E-state index contributed by atoms with van der Waals surface area (Å²) < 4.78 is 0. The standard InChI is InChI=1S/C16H29N3O2S/c1-11(2)13(17)15(21)18-7-5-16(6-8-18)19(9-10-22-16)14(20)12(3)4/h11-13H,5-10,17H2,1-4H3/t13-/m0/s1. The number of rotatable bonds is 3. The maximum absolute atomic E-state index is 12.4. The Hall–Kier alpha value is -0.750. The summed E-state index contributed by atoms with van der Waals surface area (Å²) >= 11 is 1.88. The summed E-state index contributed by atoms with van der Waals surface area (Å²) in [6, 6.07) is -0.418. The van der Waals surface area contributed by atoms with Gasteiger partial charge in [-0.25, -0.2) is 0 Å². The highest BCUT2D eigenvalue weighted by atomic mass is 32.2. The van der Waals surface area contributed by atoms with E-state index in [1.54, 1.807) is 0 Å². The third kappa shape index (κ3) is 3.27. The van der Waals surface area contributed by atoms with Gasteiger partial charge in [-0.05, 0) is 18.8 Å². The molecule has 0 aromatic carbocycles. The molecule has 2 N–H and O–H groups in total. The molecule has 2 aliphatic rings. The van der Waals surface area contributed by atoms with Crippen molar-refractivity contribution in [1.82, 2.24) is 9.80 Å². The first kappa shape index (κ1) is 17.6. The Morgan fingerprint density at radius 2 is 1.64 bits per heavy atom. The molecule has 22 heavy (non-hydrogen) atoms. The zero-order chi connectivity index (χ0) is 16.5. The van der Waals surface area contributed by atoms with E-state index < -0.39 is 6.04 Å². The number of likely N-dealkylation sites (tertiary alicyclic amines) is 1. The van der Waals surface area contributed by atoms with Crippen LogP contribution in [0.2, 0.25) is 0 Å². The minimum atomic E-state index is -0.418. The van der Waals surface area contributed by atoms with Gasteiger partial charge < -0.3 is 15.5 Å². The summed E-state index contributed by atoms with van der Waals surface area (Å²) in [6.07, 6.45) is 1.71. The van der Waals surface area contributed by atoms with E-state index >= 15 is 0 Å². The lowest BCUT2D eigenvalue weighted by Crippen LogP contribution is -2.56. The first-order valence-electron chi connectivity index (χ1n) is 8.28. The van der Waals surface area contributed by atoms with Gasteiger partial charge in [-0.15, -0.1) is 11.8 Å². The van der Waals surface area contributed by atoms with Gasteiger partial charge in [0, 0.05) is 31.3 Å². The lowest BCUT2D eigenvalue weighted by molar-refractivity contribution is -0.140. The van der Waals surface area contributed by atoms with Crippen molar-refractivity contribution >= 4 is 23.6 Å². The fourth-order valence-corrected chi connectivity index (χ4v) is 4.68. The van der Waals surface area contributed by atoms with Crippen LogP contribution in [0.4, 0.5) is 0 Å². The molecule has 0 aliphatic carbocycles. The topological polar surface area (TPSA) is 66.6 Å². The van der Waals surface area contributed by atoms with Crippen LogP contribution >= 0.6 is 11.8 Å². The number of piperidine rings is 1. The van der Waals surface area contributed by atoms with E-state index in [0.717, 1.165) is 25.1 Å². The Morgan fingerprint density at radius 3 is 2.14 bits per heavy atom. The highest BCUT2D eigenvalue weighted by Crippen LogP contribution is 2.44. The van der Waals surface area contributed by atoms with Crippen LogP contribution in [-0.4, -0.2) is 57.9 Å². The van der Waals surface area contributed by atoms with Gasteiger partial charge in [-0.1, -0.05) is 27.7 Å². The zero-order valence-corrected chi connectivity index (χ0v) is 15.0. The van der Waals surface area contributed by atoms with E-state index in [1.807, 2.05) is 44.4 Å². The largest absolute Gasteiger partial charge is 0.341 e. The smallest absolute Gasteiger partial charge is 0.239 e. The summed E-state index contributed by atoms with van der Waals surface area (Å²) in [4.78, 5) is 28.7. The third-order valence-corrected chi connectivity index (χ3v) is 6.35. The maximum atomic E-state index is 12.4. The Labute approximate surface area is 138 Å². The molecule has 126 valence electrons. The summed E-state index contributed by atoms with van der Waals surface area (Å²) in [5, 5.41) is 0. The van der Waals surface area contributed by atoms with E-state index in [2.05, 4.69) is 4.90 Å². The summed E-state index contributed by atoms with van der Waals surface area (Å²) in [5.41, 5.74) is 5.99. The first-order valence-corrected chi connectivity index (χ1v) is 9.27. The highest BCUT2D eigenvalue weighted by molar-refractivity contribution is 8.00. The van der Waals surface area contributed by atoms with E-state index in [9.17, 15) is 9.59 Å². The zero-order valence-electron chi connectivity index (χ0n) is 14.2.